The van der Waals surface area contributed by atoms with Crippen molar-refractivity contribution >= 4 is 40.9 Å². The average Bonchev–Trinajstić information content (AvgIpc) is 2.79. The minimum Gasteiger partial charge on any atom is -0.362 e. The zero-order chi connectivity index (χ0) is 22.7. The number of carbonyl (C=O) groups excluding carboxylic acids is 1. The van der Waals surface area contributed by atoms with Crippen LogP contribution in [0.5, 0.6) is 0 Å². The molecule has 0 bridgehead atoms. The lowest BCUT2D eigenvalue weighted by Crippen LogP contribution is -2.34. The predicted molar refractivity (Wildman–Crippen MR) is 131 cm³/mol. The summed E-state index contributed by atoms with van der Waals surface area (Å²) >= 11 is 12.2. The molecule has 172 valence electrons. The number of nitrogens with zero attached hydrogens (tertiary/aromatic N) is 3. The Morgan fingerprint density at radius 3 is 2.59 bits per heavy atom. The molecule has 2 aromatic rings. The number of rotatable bonds is 6. The van der Waals surface area contributed by atoms with Gasteiger partial charge in [-0.2, -0.15) is 4.98 Å². The van der Waals surface area contributed by atoms with Gasteiger partial charge in [0.15, 0.2) is 0 Å². The van der Waals surface area contributed by atoms with Crippen LogP contribution in [-0.4, -0.2) is 42.6 Å². The first-order chi connectivity index (χ1) is 15.4. The summed E-state index contributed by atoms with van der Waals surface area (Å²) in [6.45, 7) is 0.647. The average molecular weight is 476 g/mol. The van der Waals surface area contributed by atoms with E-state index in [1.54, 1.807) is 18.2 Å². The van der Waals surface area contributed by atoms with Crippen LogP contribution in [0.1, 0.15) is 60.1 Å². The van der Waals surface area contributed by atoms with Gasteiger partial charge in [-0.3, -0.25) is 4.79 Å². The lowest BCUT2D eigenvalue weighted by atomic mass is 9.86. The van der Waals surface area contributed by atoms with Crippen molar-refractivity contribution in [2.24, 2.45) is 5.92 Å². The fourth-order valence-corrected chi connectivity index (χ4v) is 5.10. The second kappa shape index (κ2) is 10.3. The highest BCUT2D eigenvalue weighted by Gasteiger charge is 2.24. The van der Waals surface area contributed by atoms with Crippen LogP contribution in [-0.2, 0) is 12.8 Å². The Hall–Kier alpha value is -2.05. The Labute approximate surface area is 200 Å². The summed E-state index contributed by atoms with van der Waals surface area (Å²) in [4.78, 5) is 24.3. The molecule has 1 amide bonds. The summed E-state index contributed by atoms with van der Waals surface area (Å²) in [6.07, 6.45) is 8.70. The summed E-state index contributed by atoms with van der Waals surface area (Å²) in [5.41, 5.74) is 2.94. The fourth-order valence-electron chi connectivity index (χ4n) is 4.71. The number of halogens is 2. The number of anilines is 2. The largest absolute Gasteiger partial charge is 0.362 e. The van der Waals surface area contributed by atoms with Crippen LogP contribution in [0, 0.1) is 5.92 Å². The molecular formula is C24H31Cl2N5O. The molecule has 2 aliphatic rings. The number of aromatic nitrogens is 2. The highest BCUT2D eigenvalue weighted by molar-refractivity contribution is 6.43. The first-order valence-corrected chi connectivity index (χ1v) is 12.2. The minimum absolute atomic E-state index is 0.170. The van der Waals surface area contributed by atoms with Crippen molar-refractivity contribution in [1.82, 2.24) is 15.3 Å². The number of benzene rings is 1. The van der Waals surface area contributed by atoms with E-state index in [9.17, 15) is 4.79 Å². The van der Waals surface area contributed by atoms with Crippen LogP contribution >= 0.6 is 23.2 Å². The summed E-state index contributed by atoms with van der Waals surface area (Å²) in [5, 5.41) is 7.31. The van der Waals surface area contributed by atoms with Crippen LogP contribution < -0.4 is 15.5 Å². The third kappa shape index (κ3) is 5.29. The van der Waals surface area contributed by atoms with Gasteiger partial charge in [0.2, 0.25) is 5.95 Å². The number of fused-ring (bicyclic) bond motifs is 1. The molecule has 1 saturated carbocycles. The number of nitrogens with one attached hydrogen (secondary N) is 2. The summed E-state index contributed by atoms with van der Waals surface area (Å²) in [6, 6.07) is 5.49. The van der Waals surface area contributed by atoms with Gasteiger partial charge in [-0.1, -0.05) is 29.3 Å². The number of amides is 1. The predicted octanol–water partition coefficient (Wildman–Crippen LogP) is 5.13. The lowest BCUT2D eigenvalue weighted by molar-refractivity contribution is 0.0943. The molecule has 0 aliphatic heterocycles. The van der Waals surface area contributed by atoms with Crippen LogP contribution in [0.2, 0.25) is 10.0 Å². The highest BCUT2D eigenvalue weighted by atomic mass is 35.5. The number of aryl methyl sites for hydroxylation is 1. The zero-order valence-corrected chi connectivity index (χ0v) is 20.3. The third-order valence-corrected chi connectivity index (χ3v) is 7.33. The van der Waals surface area contributed by atoms with Crippen LogP contribution in [0.4, 0.5) is 11.8 Å². The topological polar surface area (TPSA) is 70.2 Å². The zero-order valence-electron chi connectivity index (χ0n) is 18.8. The molecule has 0 unspecified atom stereocenters. The SMILES string of the molecule is CN(C)c1nc(N[C@H]2CC[C@@H](CNC(=O)c3cccc(Cl)c3Cl)CC2)nc2c1CCCC2. The molecule has 32 heavy (non-hydrogen) atoms. The Morgan fingerprint density at radius 2 is 1.84 bits per heavy atom. The Balaban J connectivity index is 1.30. The number of carbonyl (C=O) groups is 1. The second-order valence-corrected chi connectivity index (χ2v) is 9.86. The molecular weight excluding hydrogens is 445 g/mol. The molecule has 0 atom stereocenters. The molecule has 2 aliphatic carbocycles. The van der Waals surface area contributed by atoms with E-state index in [1.165, 1.54) is 24.1 Å². The minimum atomic E-state index is -0.170. The standard InChI is InChI=1S/C24H31Cl2N5O/c1-31(2)22-17-6-3-4-9-20(17)29-24(30-22)28-16-12-10-15(11-13-16)14-27-23(32)18-7-5-8-19(25)21(18)26/h5,7-8,15-16H,3-4,6,9-14H2,1-2H3,(H,27,32)(H,28,29,30)/t15-,16+. The first-order valence-electron chi connectivity index (χ1n) is 11.5. The third-order valence-electron chi connectivity index (χ3n) is 6.51. The molecule has 8 heteroatoms. The van der Waals surface area contributed by atoms with E-state index in [-0.39, 0.29) is 5.91 Å². The van der Waals surface area contributed by atoms with Gasteiger partial charge in [0.25, 0.3) is 5.91 Å². The number of hydrogen-bond acceptors (Lipinski definition) is 5. The van der Waals surface area contributed by atoms with E-state index in [2.05, 4.69) is 29.6 Å². The van der Waals surface area contributed by atoms with Gasteiger partial charge >= 0.3 is 0 Å². The smallest absolute Gasteiger partial charge is 0.252 e. The normalized spacial score (nSPS) is 20.4. The van der Waals surface area contributed by atoms with E-state index in [0.717, 1.165) is 50.3 Å². The molecule has 1 fully saturated rings. The van der Waals surface area contributed by atoms with Gasteiger partial charge in [0, 0.05) is 32.2 Å². The molecule has 0 saturated heterocycles. The van der Waals surface area contributed by atoms with Crippen molar-refractivity contribution in [3.63, 3.8) is 0 Å². The molecule has 0 spiro atoms. The second-order valence-electron chi connectivity index (χ2n) is 9.07. The van der Waals surface area contributed by atoms with Gasteiger partial charge < -0.3 is 15.5 Å². The van der Waals surface area contributed by atoms with Crippen molar-refractivity contribution in [2.75, 3.05) is 30.9 Å². The molecule has 2 N–H and O–H groups in total. The van der Waals surface area contributed by atoms with Crippen molar-refractivity contribution in [3.05, 3.63) is 45.1 Å². The Kier molecular flexibility index (Phi) is 7.41. The lowest BCUT2D eigenvalue weighted by Gasteiger charge is -2.30. The fraction of sp³-hybridized carbons (Fsp3) is 0.542. The molecule has 1 aromatic heterocycles. The number of hydrogen-bond donors (Lipinski definition) is 2. The van der Waals surface area contributed by atoms with Crippen molar-refractivity contribution in [3.8, 4) is 0 Å². The maximum atomic E-state index is 12.5. The van der Waals surface area contributed by atoms with E-state index < -0.39 is 0 Å². The Morgan fingerprint density at radius 1 is 1.09 bits per heavy atom. The summed E-state index contributed by atoms with van der Waals surface area (Å²) in [7, 11) is 4.11. The van der Waals surface area contributed by atoms with Crippen LogP contribution in [0.25, 0.3) is 0 Å². The Bertz CT molecular complexity index is 973. The summed E-state index contributed by atoms with van der Waals surface area (Å²) in [5.74, 6) is 2.09. The monoisotopic (exact) mass is 475 g/mol. The van der Waals surface area contributed by atoms with Crippen molar-refractivity contribution in [1.29, 1.82) is 0 Å². The van der Waals surface area contributed by atoms with Crippen molar-refractivity contribution < 1.29 is 4.79 Å². The summed E-state index contributed by atoms with van der Waals surface area (Å²) < 4.78 is 0. The van der Waals surface area contributed by atoms with Crippen LogP contribution in [0.15, 0.2) is 18.2 Å². The van der Waals surface area contributed by atoms with Gasteiger partial charge in [-0.15, -0.1) is 0 Å². The highest BCUT2D eigenvalue weighted by Crippen LogP contribution is 2.30. The van der Waals surface area contributed by atoms with Gasteiger partial charge in [-0.05, 0) is 69.4 Å². The maximum absolute atomic E-state index is 12.5. The first kappa shape index (κ1) is 23.1. The van der Waals surface area contributed by atoms with Gasteiger partial charge in [-0.25, -0.2) is 4.98 Å². The van der Waals surface area contributed by atoms with Gasteiger partial charge in [0.05, 0.1) is 21.3 Å². The maximum Gasteiger partial charge on any atom is 0.252 e. The van der Waals surface area contributed by atoms with E-state index in [0.29, 0.717) is 34.1 Å². The van der Waals surface area contributed by atoms with Crippen molar-refractivity contribution in [2.45, 2.75) is 57.4 Å². The molecule has 1 heterocycles. The van der Waals surface area contributed by atoms with E-state index in [1.807, 2.05) is 0 Å². The van der Waals surface area contributed by atoms with Crippen LogP contribution in [0.3, 0.4) is 0 Å². The van der Waals surface area contributed by atoms with Gasteiger partial charge in [0.1, 0.15) is 5.82 Å². The molecule has 6 nitrogen and oxygen atoms in total. The molecule has 0 radical (unpaired) electrons. The molecule has 1 aromatic carbocycles. The van der Waals surface area contributed by atoms with E-state index >= 15 is 0 Å². The van der Waals surface area contributed by atoms with E-state index in [4.69, 9.17) is 33.2 Å². The quantitative estimate of drug-likeness (QED) is 0.605. The molecule has 4 rings (SSSR count).